The average molecular weight is 814 g/mol. The maximum atomic E-state index is 13.3. The van der Waals surface area contributed by atoms with Gasteiger partial charge in [0.1, 0.15) is 17.6 Å². The maximum Gasteiger partial charge on any atom is 0.411 e. The molecule has 2 heterocycles. The molecular weight excluding hydrogens is 766 g/mol. The lowest BCUT2D eigenvalue weighted by atomic mass is 9.99. The van der Waals surface area contributed by atoms with E-state index in [4.69, 9.17) is 9.47 Å². The van der Waals surface area contributed by atoms with Gasteiger partial charge in [-0.2, -0.15) is 0 Å². The van der Waals surface area contributed by atoms with Crippen LogP contribution in [0.5, 0.6) is 11.5 Å². The SMILES string of the molecule is COc1cc(NC(=O)CCc2ccc(-c3ccccc3)c(NC(=O)OC3CC[N+](C)(C)CC3)c2)c(Br)c(C)c1NC[C@H](O)c1ccc(O)c2[nH]c(=O)ccc12. The number of carbonyl (C=O) groups excluding carboxylic acids is 2. The predicted molar refractivity (Wildman–Crippen MR) is 219 cm³/mol. The first kappa shape index (κ1) is 39.3. The molecule has 0 radical (unpaired) electrons. The molecule has 12 nitrogen and oxygen atoms in total. The van der Waals surface area contributed by atoms with Crippen molar-refractivity contribution in [2.24, 2.45) is 0 Å². The Morgan fingerprint density at radius 1 is 0.982 bits per heavy atom. The molecule has 1 aromatic heterocycles. The van der Waals surface area contributed by atoms with E-state index in [1.54, 1.807) is 18.2 Å². The molecule has 55 heavy (non-hydrogen) atoms. The number of ether oxygens (including phenoxy) is 2. The zero-order valence-electron chi connectivity index (χ0n) is 31.4. The van der Waals surface area contributed by atoms with Gasteiger partial charge in [0.2, 0.25) is 11.5 Å². The summed E-state index contributed by atoms with van der Waals surface area (Å²) >= 11 is 3.63. The summed E-state index contributed by atoms with van der Waals surface area (Å²) in [6.07, 6.45) is 0.613. The highest BCUT2D eigenvalue weighted by molar-refractivity contribution is 9.10. The molecule has 0 unspecified atom stereocenters. The number of nitrogens with one attached hydrogen (secondary N) is 4. The summed E-state index contributed by atoms with van der Waals surface area (Å²) in [5, 5.41) is 31.1. The Hall–Kier alpha value is -5.37. The van der Waals surface area contributed by atoms with E-state index in [9.17, 15) is 24.6 Å². The van der Waals surface area contributed by atoms with Gasteiger partial charge >= 0.3 is 6.09 Å². The molecule has 1 aliphatic rings. The smallest absolute Gasteiger partial charge is 0.411 e. The lowest BCUT2D eigenvalue weighted by Crippen LogP contribution is -2.48. The highest BCUT2D eigenvalue weighted by Crippen LogP contribution is 2.40. The molecule has 1 atom stereocenters. The number of phenols is 1. The fraction of sp³-hybridized carbons (Fsp3) is 0.310. The summed E-state index contributed by atoms with van der Waals surface area (Å²) in [5.41, 5.74) is 5.60. The number of phenolic OH excluding ortho intramolecular Hbond substituents is 1. The normalized spacial score (nSPS) is 14.6. The standard InChI is InChI=1S/C42H46BrN5O7/c1-25-39(43)33(23-36(54-4)40(25)44-24-35(50)30-13-15-34(49)41-31(30)14-17-38(52)47-41)45-37(51)16-11-26-10-12-29(27-8-6-5-7-9-27)32(22-26)46-42(53)55-28-18-20-48(2,3)21-19-28/h5-10,12-15,17,22-23,28,35,44,50H,11,16,18-21,24H2,1-4H3,(H3-,45,46,47,49,51,52,53)/p+1/t35-/m0/s1. The van der Waals surface area contributed by atoms with Crippen molar-refractivity contribution < 1.29 is 33.8 Å². The second kappa shape index (κ2) is 17.0. The van der Waals surface area contributed by atoms with Gasteiger partial charge in [-0.05, 0) is 69.7 Å². The molecule has 5 aromatic rings. The fourth-order valence-corrected chi connectivity index (χ4v) is 7.35. The van der Waals surface area contributed by atoms with Crippen LogP contribution in [-0.4, -0.2) is 78.6 Å². The number of H-pyrrole nitrogens is 1. The van der Waals surface area contributed by atoms with Gasteiger partial charge in [-0.25, -0.2) is 4.79 Å². The van der Waals surface area contributed by atoms with Crippen molar-refractivity contribution in [2.75, 3.05) is 56.8 Å². The van der Waals surface area contributed by atoms with Gasteiger partial charge in [-0.1, -0.05) is 48.5 Å². The Kier molecular flexibility index (Phi) is 12.1. The van der Waals surface area contributed by atoms with Crippen LogP contribution in [0.1, 0.15) is 42.1 Å². The molecule has 1 fully saturated rings. The van der Waals surface area contributed by atoms with Crippen LogP contribution in [0.25, 0.3) is 22.0 Å². The van der Waals surface area contributed by atoms with E-state index in [1.165, 1.54) is 19.2 Å². The number of halogens is 1. The molecule has 6 rings (SSSR count). The van der Waals surface area contributed by atoms with Crippen LogP contribution in [0.2, 0.25) is 0 Å². The number of anilines is 3. The molecule has 13 heteroatoms. The van der Waals surface area contributed by atoms with Crippen molar-refractivity contribution in [3.63, 3.8) is 0 Å². The van der Waals surface area contributed by atoms with Crippen molar-refractivity contribution in [1.29, 1.82) is 0 Å². The number of aliphatic hydroxyl groups excluding tert-OH is 1. The number of aliphatic hydroxyl groups is 1. The molecule has 2 amide bonds. The maximum absolute atomic E-state index is 13.3. The summed E-state index contributed by atoms with van der Waals surface area (Å²) < 4.78 is 13.1. The molecular formula is C42H47BrN5O7+. The molecule has 0 aliphatic carbocycles. The van der Waals surface area contributed by atoms with Crippen LogP contribution in [0.3, 0.4) is 0 Å². The Balaban J connectivity index is 1.12. The molecule has 288 valence electrons. The third-order valence-corrected chi connectivity index (χ3v) is 11.1. The Morgan fingerprint density at radius 2 is 1.73 bits per heavy atom. The van der Waals surface area contributed by atoms with Crippen LogP contribution in [0.15, 0.2) is 88.1 Å². The first-order valence-electron chi connectivity index (χ1n) is 18.2. The predicted octanol–water partition coefficient (Wildman–Crippen LogP) is 7.48. The van der Waals surface area contributed by atoms with Crippen LogP contribution in [0.4, 0.5) is 21.9 Å². The number of hydrogen-bond acceptors (Lipinski definition) is 8. The van der Waals surface area contributed by atoms with E-state index >= 15 is 0 Å². The number of pyridine rings is 1. The number of aromatic amines is 1. The molecule has 4 aromatic carbocycles. The van der Waals surface area contributed by atoms with Gasteiger partial charge in [0.25, 0.3) is 0 Å². The third kappa shape index (κ3) is 9.48. The van der Waals surface area contributed by atoms with Crippen LogP contribution < -0.4 is 26.2 Å². The molecule has 0 spiro atoms. The largest absolute Gasteiger partial charge is 0.506 e. The Bertz CT molecular complexity index is 2250. The van der Waals surface area contributed by atoms with Crippen molar-refractivity contribution in [1.82, 2.24) is 4.98 Å². The van der Waals surface area contributed by atoms with Gasteiger partial charge in [-0.3, -0.25) is 14.9 Å². The molecule has 0 bridgehead atoms. The number of nitrogens with zero attached hydrogens (tertiary/aromatic N) is 1. The number of amides is 2. The summed E-state index contributed by atoms with van der Waals surface area (Å²) in [4.78, 5) is 40.9. The summed E-state index contributed by atoms with van der Waals surface area (Å²) in [7, 11) is 5.89. The van der Waals surface area contributed by atoms with E-state index in [-0.39, 0.29) is 41.8 Å². The number of quaternary nitrogens is 1. The molecule has 1 saturated heterocycles. The zero-order chi connectivity index (χ0) is 39.3. The van der Waals surface area contributed by atoms with Crippen LogP contribution in [-0.2, 0) is 16.0 Å². The number of aromatic hydroxyl groups is 1. The number of carbonyl (C=O) groups is 2. The number of benzene rings is 4. The van der Waals surface area contributed by atoms with Gasteiger partial charge in [0.05, 0.1) is 63.0 Å². The minimum Gasteiger partial charge on any atom is -0.506 e. The highest BCUT2D eigenvalue weighted by atomic mass is 79.9. The van der Waals surface area contributed by atoms with Crippen LogP contribution in [0, 0.1) is 6.92 Å². The first-order chi connectivity index (χ1) is 26.3. The van der Waals surface area contributed by atoms with Crippen molar-refractivity contribution in [3.05, 3.63) is 110 Å². The van der Waals surface area contributed by atoms with Gasteiger partial charge in [0.15, 0.2) is 0 Å². The number of piperidine rings is 1. The van der Waals surface area contributed by atoms with Gasteiger partial charge < -0.3 is 39.8 Å². The summed E-state index contributed by atoms with van der Waals surface area (Å²) in [6, 6.07) is 23.3. The first-order valence-corrected chi connectivity index (χ1v) is 19.0. The number of methoxy groups -OCH3 is 1. The van der Waals surface area contributed by atoms with Gasteiger partial charge in [0, 0.05) is 53.4 Å². The number of aromatic nitrogens is 1. The van der Waals surface area contributed by atoms with E-state index in [0.29, 0.717) is 44.7 Å². The highest BCUT2D eigenvalue weighted by Gasteiger charge is 2.29. The Morgan fingerprint density at radius 3 is 2.45 bits per heavy atom. The van der Waals surface area contributed by atoms with E-state index in [1.807, 2.05) is 55.5 Å². The third-order valence-electron chi connectivity index (χ3n) is 10.1. The topological polar surface area (TPSA) is 162 Å². The number of likely N-dealkylation sites (tertiary alicyclic amines) is 1. The zero-order valence-corrected chi connectivity index (χ0v) is 33.0. The molecule has 1 aliphatic heterocycles. The number of rotatable bonds is 12. The Labute approximate surface area is 328 Å². The summed E-state index contributed by atoms with van der Waals surface area (Å²) in [6.45, 7) is 3.85. The molecule has 6 N–H and O–H groups in total. The minimum absolute atomic E-state index is 0.0876. The monoisotopic (exact) mass is 812 g/mol. The number of aryl methyl sites for hydroxylation is 1. The van der Waals surface area contributed by atoms with E-state index in [2.05, 4.69) is 51.0 Å². The van der Waals surface area contributed by atoms with Crippen molar-refractivity contribution in [3.8, 4) is 22.6 Å². The summed E-state index contributed by atoms with van der Waals surface area (Å²) in [5.74, 6) is 0.155. The quantitative estimate of drug-likeness (QED) is 0.0707. The average Bonchev–Trinajstić information content (AvgIpc) is 3.17. The minimum atomic E-state index is -0.997. The van der Waals surface area contributed by atoms with Gasteiger partial charge in [-0.15, -0.1) is 0 Å². The fourth-order valence-electron chi connectivity index (χ4n) is 6.94. The second-order valence-corrected chi connectivity index (χ2v) is 15.3. The van der Waals surface area contributed by atoms with Crippen LogP contribution >= 0.6 is 15.9 Å². The van der Waals surface area contributed by atoms with Crippen molar-refractivity contribution >= 4 is 55.9 Å². The number of fused-ring (bicyclic) bond motifs is 1. The van der Waals surface area contributed by atoms with E-state index in [0.717, 1.165) is 52.7 Å². The second-order valence-electron chi connectivity index (χ2n) is 14.5. The lowest BCUT2D eigenvalue weighted by molar-refractivity contribution is -0.896. The van der Waals surface area contributed by atoms with E-state index < -0.39 is 12.2 Å². The number of hydrogen-bond donors (Lipinski definition) is 6. The molecule has 0 saturated carbocycles. The van der Waals surface area contributed by atoms with Crippen molar-refractivity contribution in [2.45, 2.75) is 44.8 Å². The lowest BCUT2D eigenvalue weighted by Gasteiger charge is -2.36.